The Kier molecular flexibility index (Phi) is 8.46. The van der Waals surface area contributed by atoms with Gasteiger partial charge in [-0.05, 0) is 83.7 Å². The Hall–Kier alpha value is -3.62. The van der Waals surface area contributed by atoms with Crippen molar-refractivity contribution in [1.29, 1.82) is 0 Å². The van der Waals surface area contributed by atoms with Crippen molar-refractivity contribution in [2.75, 3.05) is 51.0 Å². The molecule has 5 rings (SSSR count). The summed E-state index contributed by atoms with van der Waals surface area (Å²) in [5.74, 6) is 0.836. The van der Waals surface area contributed by atoms with Crippen LogP contribution in [0.15, 0.2) is 82.5 Å². The third kappa shape index (κ3) is 5.02. The summed E-state index contributed by atoms with van der Waals surface area (Å²) in [6.45, 7) is 8.85. The van der Waals surface area contributed by atoms with E-state index in [1.165, 1.54) is 28.7 Å². The van der Waals surface area contributed by atoms with E-state index in [-0.39, 0.29) is 16.6 Å². The van der Waals surface area contributed by atoms with E-state index in [9.17, 15) is 9.90 Å². The summed E-state index contributed by atoms with van der Waals surface area (Å²) < 4.78 is 17.4. The second kappa shape index (κ2) is 11.7. The van der Waals surface area contributed by atoms with Crippen LogP contribution in [0.25, 0.3) is 0 Å². The minimum absolute atomic E-state index is 0.00324. The number of rotatable bonds is 9. The van der Waals surface area contributed by atoms with E-state index in [0.29, 0.717) is 0 Å². The number of hydrogen-bond donors (Lipinski definition) is 1. The number of carbonyl (C=O) groups is 1. The number of carboxylic acids is 1. The van der Waals surface area contributed by atoms with Crippen LogP contribution in [-0.4, -0.2) is 58.0 Å². The summed E-state index contributed by atoms with van der Waals surface area (Å²) in [6.07, 6.45) is 10.3. The molecule has 2 aromatic rings. The van der Waals surface area contributed by atoms with Crippen molar-refractivity contribution < 1.29 is 24.1 Å². The van der Waals surface area contributed by atoms with Gasteiger partial charge in [0.2, 0.25) is 0 Å². The zero-order chi connectivity index (χ0) is 32.0. The average molecular weight is 617 g/mol. The van der Waals surface area contributed by atoms with E-state index in [0.717, 1.165) is 51.6 Å². The van der Waals surface area contributed by atoms with Crippen LogP contribution in [-0.2, 0) is 20.4 Å². The van der Waals surface area contributed by atoms with Crippen LogP contribution in [0, 0.1) is 0 Å². The molecule has 3 aliphatic rings. The van der Waals surface area contributed by atoms with Crippen molar-refractivity contribution in [2.24, 2.45) is 0 Å². The van der Waals surface area contributed by atoms with Gasteiger partial charge in [-0.25, -0.2) is 0 Å². The maximum Gasteiger partial charge on any atom is 0.313 e. The number of allylic oxidation sites excluding steroid dienone is 6. The summed E-state index contributed by atoms with van der Waals surface area (Å²) >= 11 is 1.40. The van der Waals surface area contributed by atoms with Crippen molar-refractivity contribution in [3.8, 4) is 11.5 Å². The lowest BCUT2D eigenvalue weighted by Gasteiger charge is -2.43. The summed E-state index contributed by atoms with van der Waals surface area (Å²) in [4.78, 5) is 17.1. The summed E-state index contributed by atoms with van der Waals surface area (Å²) in [6, 6.07) is 12.4. The van der Waals surface area contributed by atoms with Gasteiger partial charge in [0.25, 0.3) is 0 Å². The number of anilines is 2. The fourth-order valence-corrected chi connectivity index (χ4v) is 8.16. The van der Waals surface area contributed by atoms with E-state index in [4.69, 9.17) is 14.2 Å². The number of nitrogens with zero attached hydrogens (tertiary/aromatic N) is 2. The molecule has 2 heterocycles. The molecule has 2 aliphatic heterocycles. The molecule has 7 nitrogen and oxygen atoms in total. The molecule has 0 saturated carbocycles. The molecule has 0 radical (unpaired) electrons. The Morgan fingerprint density at radius 1 is 0.932 bits per heavy atom. The second-order valence-corrected chi connectivity index (χ2v) is 13.6. The highest BCUT2D eigenvalue weighted by Crippen LogP contribution is 2.54. The summed E-state index contributed by atoms with van der Waals surface area (Å²) in [5, 5.41) is 9.58. The Labute approximate surface area is 265 Å². The lowest BCUT2D eigenvalue weighted by molar-refractivity contribution is -0.133. The number of hydrogen-bond acceptors (Lipinski definition) is 7. The number of fused-ring (bicyclic) bond motifs is 2. The van der Waals surface area contributed by atoms with Crippen LogP contribution in [0.4, 0.5) is 11.4 Å². The van der Waals surface area contributed by atoms with Crippen molar-refractivity contribution in [3.63, 3.8) is 0 Å². The molecular formula is C36H44N2O5S. The van der Waals surface area contributed by atoms with E-state index < -0.39 is 11.7 Å². The Bertz CT molecular complexity index is 1600. The Morgan fingerprint density at radius 3 is 2.18 bits per heavy atom. The average Bonchev–Trinajstić information content (AvgIpc) is 3.53. The third-order valence-corrected chi connectivity index (χ3v) is 10.9. The van der Waals surface area contributed by atoms with Gasteiger partial charge in [0.05, 0.1) is 20.0 Å². The van der Waals surface area contributed by atoms with Crippen LogP contribution >= 0.6 is 11.8 Å². The zero-order valence-electron chi connectivity index (χ0n) is 27.3. The number of methoxy groups -OCH3 is 3. The maximum absolute atomic E-state index is 11.7. The topological polar surface area (TPSA) is 71.5 Å². The third-order valence-electron chi connectivity index (χ3n) is 9.72. The van der Waals surface area contributed by atoms with Crippen molar-refractivity contribution in [3.05, 3.63) is 93.6 Å². The van der Waals surface area contributed by atoms with Crippen LogP contribution in [0.1, 0.15) is 51.7 Å². The molecule has 0 aromatic heterocycles. The van der Waals surface area contributed by atoms with Gasteiger partial charge in [-0.1, -0.05) is 39.8 Å². The number of aliphatic carboxylic acids is 1. The van der Waals surface area contributed by atoms with Gasteiger partial charge >= 0.3 is 5.97 Å². The molecule has 2 aromatic carbocycles. The number of ether oxygens (including phenoxy) is 3. The maximum atomic E-state index is 11.7. The van der Waals surface area contributed by atoms with Gasteiger partial charge in [-0.15, -0.1) is 11.8 Å². The fourth-order valence-electron chi connectivity index (χ4n) is 7.18. The molecule has 1 aliphatic carbocycles. The van der Waals surface area contributed by atoms with Gasteiger partial charge in [-0.2, -0.15) is 0 Å². The molecular weight excluding hydrogens is 572 g/mol. The summed E-state index contributed by atoms with van der Waals surface area (Å²) in [7, 11) is 9.28. The molecule has 0 amide bonds. The largest absolute Gasteiger partial charge is 0.497 e. The first-order valence-electron chi connectivity index (χ1n) is 14.9. The predicted molar refractivity (Wildman–Crippen MR) is 180 cm³/mol. The predicted octanol–water partition coefficient (Wildman–Crippen LogP) is 7.43. The number of thioether (sulfide) groups is 1. The van der Waals surface area contributed by atoms with Gasteiger partial charge < -0.3 is 29.1 Å². The van der Waals surface area contributed by atoms with Gasteiger partial charge in [0.1, 0.15) is 11.5 Å². The lowest BCUT2D eigenvalue weighted by Crippen LogP contribution is -2.54. The molecule has 1 N–H and O–H groups in total. The first-order chi connectivity index (χ1) is 20.8. The first kappa shape index (κ1) is 31.8. The highest BCUT2D eigenvalue weighted by molar-refractivity contribution is 8.04. The molecule has 234 valence electrons. The summed E-state index contributed by atoms with van der Waals surface area (Å²) in [5.41, 5.74) is 6.76. The highest BCUT2D eigenvalue weighted by Gasteiger charge is 2.55. The standard InChI is InChI=1S/C36H44N2O5S/c1-34(2)27-20-25(41-7)13-15-29(27)37(5)31(34)17-12-23-10-11-24(33(23)44-22-32(39)40)18-19-36(43-9)35(3,4)28-21-26(42-8)14-16-30(28)38(36)6/h12-21H,10-11,22H2,1-9H3,(H,39,40)/b19-18+,23-12+,31-17-. The van der Waals surface area contributed by atoms with Crippen LogP contribution in [0.3, 0.4) is 0 Å². The van der Waals surface area contributed by atoms with E-state index in [1.807, 2.05) is 12.1 Å². The minimum Gasteiger partial charge on any atom is -0.497 e. The van der Waals surface area contributed by atoms with E-state index in [2.05, 4.69) is 100 Å². The minimum atomic E-state index is -0.828. The number of benzene rings is 2. The molecule has 0 bridgehead atoms. The molecule has 44 heavy (non-hydrogen) atoms. The monoisotopic (exact) mass is 616 g/mol. The number of likely N-dealkylation sites (N-methyl/N-ethyl adjacent to an activating group) is 2. The Morgan fingerprint density at radius 2 is 1.57 bits per heavy atom. The lowest BCUT2D eigenvalue weighted by atomic mass is 9.77. The second-order valence-electron chi connectivity index (χ2n) is 12.6. The molecule has 1 unspecified atom stereocenters. The molecule has 0 saturated heterocycles. The number of carboxylic acid groups (broad SMARTS) is 1. The van der Waals surface area contributed by atoms with Crippen LogP contribution in [0.5, 0.6) is 11.5 Å². The quantitative estimate of drug-likeness (QED) is 0.312. The van der Waals surface area contributed by atoms with E-state index in [1.54, 1.807) is 21.3 Å². The fraction of sp³-hybridized carbons (Fsp3) is 0.417. The first-order valence-corrected chi connectivity index (χ1v) is 15.9. The molecule has 0 fully saturated rings. The van der Waals surface area contributed by atoms with Crippen LogP contribution < -0.4 is 19.3 Å². The SMILES string of the molecule is COc1ccc2c(c1)C(C)(C)/C(=C/C=C1\CCC(/C=C/C3(OC)N(C)c4ccc(OC)cc4C3(C)C)=C1SCC(=O)O)N2C. The molecule has 8 heteroatoms. The Balaban J connectivity index is 1.52. The smallest absolute Gasteiger partial charge is 0.313 e. The molecule has 0 spiro atoms. The van der Waals surface area contributed by atoms with Crippen LogP contribution in [0.2, 0.25) is 0 Å². The highest BCUT2D eigenvalue weighted by atomic mass is 32.2. The van der Waals surface area contributed by atoms with Crippen molar-refractivity contribution in [1.82, 2.24) is 0 Å². The zero-order valence-corrected chi connectivity index (χ0v) is 28.1. The molecule has 1 atom stereocenters. The van der Waals surface area contributed by atoms with Crippen molar-refractivity contribution in [2.45, 2.75) is 57.1 Å². The normalized spacial score (nSPS) is 23.7. The van der Waals surface area contributed by atoms with Gasteiger partial charge in [-0.3, -0.25) is 4.79 Å². The van der Waals surface area contributed by atoms with Gasteiger partial charge in [0.15, 0.2) is 5.72 Å². The van der Waals surface area contributed by atoms with Crippen molar-refractivity contribution >= 4 is 29.1 Å². The van der Waals surface area contributed by atoms with Gasteiger partial charge in [0, 0.05) is 54.0 Å². The van der Waals surface area contributed by atoms with E-state index >= 15 is 0 Å².